The molecule has 142 valence electrons. The standard InChI is InChI=1S/C20H19N5O2S/c26-18(7-6-15-8-9-28-13-15)22-19-16-11-25(12-17(16)23-24-19)20(27)21-10-14-4-2-1-3-5-14/h1-9,13H,10-12H2,(H,21,27)(H2,22,23,24,26). The van der Waals surface area contributed by atoms with E-state index in [1.54, 1.807) is 22.3 Å². The number of aromatic amines is 1. The first-order valence-electron chi connectivity index (χ1n) is 8.83. The molecule has 0 bridgehead atoms. The smallest absolute Gasteiger partial charge is 0.318 e. The molecule has 0 spiro atoms. The zero-order valence-corrected chi connectivity index (χ0v) is 15.8. The number of benzene rings is 1. The topological polar surface area (TPSA) is 90.1 Å². The van der Waals surface area contributed by atoms with Crippen LogP contribution in [0.2, 0.25) is 0 Å². The number of thiophene rings is 1. The van der Waals surface area contributed by atoms with Crippen molar-refractivity contribution in [1.29, 1.82) is 0 Å². The van der Waals surface area contributed by atoms with E-state index in [4.69, 9.17) is 0 Å². The summed E-state index contributed by atoms with van der Waals surface area (Å²) in [6.07, 6.45) is 3.23. The number of carbonyl (C=O) groups excluding carboxylic acids is 2. The third-order valence-corrected chi connectivity index (χ3v) is 5.14. The van der Waals surface area contributed by atoms with E-state index < -0.39 is 0 Å². The molecule has 7 nitrogen and oxygen atoms in total. The number of fused-ring (bicyclic) bond motifs is 1. The van der Waals surface area contributed by atoms with Crippen LogP contribution < -0.4 is 10.6 Å². The summed E-state index contributed by atoms with van der Waals surface area (Å²) in [6.45, 7) is 1.30. The number of hydrogen-bond acceptors (Lipinski definition) is 4. The highest BCUT2D eigenvalue weighted by atomic mass is 32.1. The molecule has 0 saturated carbocycles. The van der Waals surface area contributed by atoms with Crippen molar-refractivity contribution >= 4 is 35.2 Å². The number of hydrogen-bond donors (Lipinski definition) is 3. The Hall–Kier alpha value is -3.39. The van der Waals surface area contributed by atoms with Gasteiger partial charge in [-0.15, -0.1) is 0 Å². The lowest BCUT2D eigenvalue weighted by Gasteiger charge is -2.16. The van der Waals surface area contributed by atoms with Gasteiger partial charge < -0.3 is 15.5 Å². The number of nitrogens with zero attached hydrogens (tertiary/aromatic N) is 2. The van der Waals surface area contributed by atoms with E-state index in [-0.39, 0.29) is 11.9 Å². The van der Waals surface area contributed by atoms with Crippen LogP contribution in [0.5, 0.6) is 0 Å². The fourth-order valence-corrected chi connectivity index (χ4v) is 3.60. The van der Waals surface area contributed by atoms with Crippen molar-refractivity contribution in [1.82, 2.24) is 20.4 Å². The monoisotopic (exact) mass is 393 g/mol. The number of anilines is 1. The molecule has 28 heavy (non-hydrogen) atoms. The van der Waals surface area contributed by atoms with Crippen molar-refractivity contribution in [2.75, 3.05) is 5.32 Å². The van der Waals surface area contributed by atoms with Crippen molar-refractivity contribution in [3.8, 4) is 0 Å². The minimum atomic E-state index is -0.257. The predicted molar refractivity (Wildman–Crippen MR) is 108 cm³/mol. The Morgan fingerprint density at radius 3 is 2.86 bits per heavy atom. The molecule has 0 radical (unpaired) electrons. The summed E-state index contributed by atoms with van der Waals surface area (Å²) in [5.41, 5.74) is 3.70. The molecule has 0 atom stereocenters. The van der Waals surface area contributed by atoms with Gasteiger partial charge in [0.05, 0.1) is 18.8 Å². The van der Waals surface area contributed by atoms with Crippen molar-refractivity contribution in [2.24, 2.45) is 0 Å². The summed E-state index contributed by atoms with van der Waals surface area (Å²) >= 11 is 1.57. The molecular weight excluding hydrogens is 374 g/mol. The lowest BCUT2D eigenvalue weighted by Crippen LogP contribution is -2.36. The highest BCUT2D eigenvalue weighted by Crippen LogP contribution is 2.27. The highest BCUT2D eigenvalue weighted by molar-refractivity contribution is 7.08. The fraction of sp³-hybridized carbons (Fsp3) is 0.150. The molecule has 3 heterocycles. The van der Waals surface area contributed by atoms with Gasteiger partial charge in [-0.2, -0.15) is 16.4 Å². The van der Waals surface area contributed by atoms with Crippen LogP contribution in [0, 0.1) is 0 Å². The molecule has 0 unspecified atom stereocenters. The zero-order chi connectivity index (χ0) is 19.3. The third kappa shape index (κ3) is 4.12. The van der Waals surface area contributed by atoms with E-state index in [2.05, 4.69) is 20.8 Å². The van der Waals surface area contributed by atoms with E-state index in [1.807, 2.05) is 47.2 Å². The lowest BCUT2D eigenvalue weighted by molar-refractivity contribution is -0.111. The van der Waals surface area contributed by atoms with E-state index >= 15 is 0 Å². The lowest BCUT2D eigenvalue weighted by atomic mass is 10.2. The van der Waals surface area contributed by atoms with Gasteiger partial charge in [0.15, 0.2) is 5.82 Å². The summed E-state index contributed by atoms with van der Waals surface area (Å²) in [4.78, 5) is 26.3. The normalized spacial score (nSPS) is 12.9. The Morgan fingerprint density at radius 1 is 1.21 bits per heavy atom. The summed E-state index contributed by atoms with van der Waals surface area (Å²) in [5, 5.41) is 16.7. The van der Waals surface area contributed by atoms with Gasteiger partial charge in [-0.25, -0.2) is 4.79 Å². The molecule has 3 amide bonds. The number of urea groups is 1. The van der Waals surface area contributed by atoms with Crippen molar-refractivity contribution in [2.45, 2.75) is 19.6 Å². The number of H-pyrrole nitrogens is 1. The first-order chi connectivity index (χ1) is 13.7. The molecule has 1 aromatic carbocycles. The molecule has 3 aromatic rings. The quantitative estimate of drug-likeness (QED) is 0.581. The van der Waals surface area contributed by atoms with Gasteiger partial charge in [0.1, 0.15) is 0 Å². The minimum Gasteiger partial charge on any atom is -0.334 e. The molecule has 0 saturated heterocycles. The molecule has 2 aromatic heterocycles. The van der Waals surface area contributed by atoms with Gasteiger partial charge >= 0.3 is 6.03 Å². The van der Waals surface area contributed by atoms with Crippen molar-refractivity contribution in [3.63, 3.8) is 0 Å². The third-order valence-electron chi connectivity index (χ3n) is 4.44. The predicted octanol–water partition coefficient (Wildman–Crippen LogP) is 3.35. The van der Waals surface area contributed by atoms with Crippen LogP contribution in [-0.2, 0) is 24.4 Å². The number of carbonyl (C=O) groups is 2. The molecule has 8 heteroatoms. The maximum Gasteiger partial charge on any atom is 0.318 e. The van der Waals surface area contributed by atoms with Gasteiger partial charge in [-0.05, 0) is 34.0 Å². The molecular formula is C20H19N5O2S. The molecule has 0 aliphatic carbocycles. The molecule has 0 fully saturated rings. The first-order valence-corrected chi connectivity index (χ1v) is 9.77. The van der Waals surface area contributed by atoms with E-state index in [9.17, 15) is 9.59 Å². The van der Waals surface area contributed by atoms with Crippen LogP contribution in [0.25, 0.3) is 6.08 Å². The highest BCUT2D eigenvalue weighted by Gasteiger charge is 2.28. The van der Waals surface area contributed by atoms with Gasteiger partial charge in [-0.3, -0.25) is 9.89 Å². The van der Waals surface area contributed by atoms with E-state index in [1.165, 1.54) is 6.08 Å². The number of nitrogens with one attached hydrogen (secondary N) is 3. The fourth-order valence-electron chi connectivity index (χ4n) is 2.97. The minimum absolute atomic E-state index is 0.150. The summed E-state index contributed by atoms with van der Waals surface area (Å²) in [7, 11) is 0. The van der Waals surface area contributed by atoms with Crippen molar-refractivity contribution in [3.05, 3.63) is 75.6 Å². The van der Waals surface area contributed by atoms with E-state index in [0.29, 0.717) is 25.5 Å². The maximum atomic E-state index is 12.4. The van der Waals surface area contributed by atoms with Gasteiger partial charge in [0.2, 0.25) is 5.91 Å². The van der Waals surface area contributed by atoms with Crippen molar-refractivity contribution < 1.29 is 9.59 Å². The number of rotatable bonds is 5. The second-order valence-corrected chi connectivity index (χ2v) is 7.19. The molecule has 4 rings (SSSR count). The Bertz CT molecular complexity index is 995. The molecule has 3 N–H and O–H groups in total. The molecule has 1 aliphatic rings. The Balaban J connectivity index is 1.33. The first kappa shape index (κ1) is 18.0. The van der Waals surface area contributed by atoms with Gasteiger partial charge in [0, 0.05) is 18.2 Å². The summed E-state index contributed by atoms with van der Waals surface area (Å²) in [6, 6.07) is 11.5. The van der Waals surface area contributed by atoms with Gasteiger partial charge in [0.25, 0.3) is 0 Å². The Morgan fingerprint density at radius 2 is 2.07 bits per heavy atom. The zero-order valence-electron chi connectivity index (χ0n) is 15.0. The molecule has 1 aliphatic heterocycles. The second-order valence-electron chi connectivity index (χ2n) is 6.41. The Kier molecular flexibility index (Phi) is 5.20. The summed E-state index contributed by atoms with van der Waals surface area (Å²) in [5.74, 6) is 0.209. The summed E-state index contributed by atoms with van der Waals surface area (Å²) < 4.78 is 0. The SMILES string of the molecule is O=C(C=Cc1ccsc1)Nc1n[nH]c2c1CN(C(=O)NCc1ccccc1)C2. The van der Waals surface area contributed by atoms with Gasteiger partial charge in [-0.1, -0.05) is 30.3 Å². The van der Waals surface area contributed by atoms with E-state index in [0.717, 1.165) is 22.4 Å². The van der Waals surface area contributed by atoms with Crippen LogP contribution in [0.15, 0.2) is 53.2 Å². The Labute approximate surface area is 166 Å². The largest absolute Gasteiger partial charge is 0.334 e. The van der Waals surface area contributed by atoms with Crippen LogP contribution in [-0.4, -0.2) is 27.0 Å². The average Bonchev–Trinajstić information content (AvgIpc) is 3.44. The van der Waals surface area contributed by atoms with Crippen LogP contribution >= 0.6 is 11.3 Å². The number of aromatic nitrogens is 2. The number of amides is 3. The second kappa shape index (κ2) is 8.10. The van der Waals surface area contributed by atoms with Crippen LogP contribution in [0.1, 0.15) is 22.4 Å². The maximum absolute atomic E-state index is 12.4. The average molecular weight is 393 g/mol. The van der Waals surface area contributed by atoms with Crippen LogP contribution in [0.4, 0.5) is 10.6 Å². The van der Waals surface area contributed by atoms with Crippen LogP contribution in [0.3, 0.4) is 0 Å².